The predicted molar refractivity (Wildman–Crippen MR) is 111 cm³/mol. The zero-order valence-corrected chi connectivity index (χ0v) is 17.6. The number of carbonyl (C=O) groups is 2. The third-order valence-corrected chi connectivity index (χ3v) is 6.57. The van der Waals surface area contributed by atoms with Crippen LogP contribution in [0.5, 0.6) is 0 Å². The van der Waals surface area contributed by atoms with Crippen molar-refractivity contribution in [1.29, 1.82) is 0 Å². The SMILES string of the molecule is Cc1csc(Sc2ccc([N+](=O)[O-])cc2C(=O)OCC(=O)NCc2cccs2)n1. The summed E-state index contributed by atoms with van der Waals surface area (Å²) in [5.41, 5.74) is 0.618. The lowest BCUT2D eigenvalue weighted by atomic mass is 10.2. The lowest BCUT2D eigenvalue weighted by Gasteiger charge is -2.09. The number of non-ortho nitro benzene ring substituents is 1. The van der Waals surface area contributed by atoms with Crippen molar-refractivity contribution >= 4 is 52.0 Å². The van der Waals surface area contributed by atoms with Crippen LogP contribution in [0.15, 0.2) is 50.3 Å². The molecule has 8 nitrogen and oxygen atoms in total. The van der Waals surface area contributed by atoms with E-state index in [2.05, 4.69) is 10.3 Å². The molecule has 3 aromatic rings. The summed E-state index contributed by atoms with van der Waals surface area (Å²) in [5.74, 6) is -1.27. The highest BCUT2D eigenvalue weighted by Crippen LogP contribution is 2.34. The van der Waals surface area contributed by atoms with Gasteiger partial charge >= 0.3 is 5.97 Å². The summed E-state index contributed by atoms with van der Waals surface area (Å²) in [5, 5.41) is 17.5. The monoisotopic (exact) mass is 449 g/mol. The third kappa shape index (κ3) is 5.86. The highest BCUT2D eigenvalue weighted by Gasteiger charge is 2.20. The number of nitrogens with zero attached hydrogens (tertiary/aromatic N) is 2. The lowest BCUT2D eigenvalue weighted by molar-refractivity contribution is -0.384. The van der Waals surface area contributed by atoms with E-state index in [1.807, 2.05) is 29.8 Å². The number of amides is 1. The molecule has 1 N–H and O–H groups in total. The summed E-state index contributed by atoms with van der Waals surface area (Å²) in [6.07, 6.45) is 0. The van der Waals surface area contributed by atoms with E-state index in [1.54, 1.807) is 0 Å². The molecule has 0 saturated carbocycles. The Morgan fingerprint density at radius 1 is 1.31 bits per heavy atom. The number of nitro benzene ring substituents is 1. The molecule has 0 radical (unpaired) electrons. The number of esters is 1. The molecule has 29 heavy (non-hydrogen) atoms. The maximum atomic E-state index is 12.5. The smallest absolute Gasteiger partial charge is 0.340 e. The Bertz CT molecular complexity index is 1030. The van der Waals surface area contributed by atoms with Gasteiger partial charge in [-0.15, -0.1) is 22.7 Å². The molecule has 0 aliphatic carbocycles. The molecule has 0 unspecified atom stereocenters. The number of aromatic nitrogens is 1. The van der Waals surface area contributed by atoms with Crippen LogP contribution in [0.3, 0.4) is 0 Å². The highest BCUT2D eigenvalue weighted by molar-refractivity contribution is 8.01. The Labute approximate surface area is 178 Å². The molecule has 1 aromatic carbocycles. The maximum Gasteiger partial charge on any atom is 0.340 e. The Morgan fingerprint density at radius 3 is 2.79 bits per heavy atom. The van der Waals surface area contributed by atoms with E-state index in [0.29, 0.717) is 15.8 Å². The number of benzene rings is 1. The van der Waals surface area contributed by atoms with Gasteiger partial charge in [-0.2, -0.15) is 0 Å². The number of carbonyl (C=O) groups excluding carboxylic acids is 2. The first-order valence-electron chi connectivity index (χ1n) is 8.27. The number of hydrogen-bond acceptors (Lipinski definition) is 9. The second-order valence-electron chi connectivity index (χ2n) is 5.73. The molecule has 0 atom stereocenters. The molecule has 0 spiro atoms. The van der Waals surface area contributed by atoms with Gasteiger partial charge in [-0.25, -0.2) is 9.78 Å². The normalized spacial score (nSPS) is 10.5. The number of nitro groups is 1. The lowest BCUT2D eigenvalue weighted by Crippen LogP contribution is -2.28. The maximum absolute atomic E-state index is 12.5. The first-order chi connectivity index (χ1) is 13.9. The molecule has 1 amide bonds. The van der Waals surface area contributed by atoms with Crippen molar-refractivity contribution in [2.24, 2.45) is 0 Å². The van der Waals surface area contributed by atoms with Gasteiger partial charge in [-0.1, -0.05) is 17.8 Å². The van der Waals surface area contributed by atoms with Gasteiger partial charge in [-0.3, -0.25) is 14.9 Å². The van der Waals surface area contributed by atoms with Crippen molar-refractivity contribution in [2.75, 3.05) is 6.61 Å². The summed E-state index contributed by atoms with van der Waals surface area (Å²) in [4.78, 5) is 40.7. The molecule has 0 fully saturated rings. The second kappa shape index (κ2) is 9.63. The van der Waals surface area contributed by atoms with Crippen LogP contribution in [0.25, 0.3) is 0 Å². The van der Waals surface area contributed by atoms with Crippen LogP contribution in [-0.4, -0.2) is 28.4 Å². The van der Waals surface area contributed by atoms with Gasteiger partial charge in [0.15, 0.2) is 10.9 Å². The highest BCUT2D eigenvalue weighted by atomic mass is 32.2. The fourth-order valence-electron chi connectivity index (χ4n) is 2.21. The summed E-state index contributed by atoms with van der Waals surface area (Å²) < 4.78 is 5.77. The first-order valence-corrected chi connectivity index (χ1v) is 10.8. The van der Waals surface area contributed by atoms with Crippen LogP contribution >= 0.6 is 34.4 Å². The summed E-state index contributed by atoms with van der Waals surface area (Å²) in [6, 6.07) is 7.69. The van der Waals surface area contributed by atoms with Gasteiger partial charge in [0.2, 0.25) is 0 Å². The molecule has 11 heteroatoms. The molecule has 2 heterocycles. The average molecular weight is 450 g/mol. The fraction of sp³-hybridized carbons (Fsp3) is 0.167. The fourth-order valence-corrected chi connectivity index (χ4v) is 4.75. The van der Waals surface area contributed by atoms with Crippen molar-refractivity contribution < 1.29 is 19.2 Å². The molecular weight excluding hydrogens is 434 g/mol. The Balaban J connectivity index is 1.68. The van der Waals surface area contributed by atoms with Gasteiger partial charge in [0.05, 0.1) is 17.0 Å². The molecule has 0 saturated heterocycles. The van der Waals surface area contributed by atoms with Crippen molar-refractivity contribution in [1.82, 2.24) is 10.3 Å². The van der Waals surface area contributed by atoms with Crippen LogP contribution in [0.1, 0.15) is 20.9 Å². The summed E-state index contributed by atoms with van der Waals surface area (Å²) >= 11 is 4.11. The minimum absolute atomic E-state index is 0.0168. The van der Waals surface area contributed by atoms with Crippen LogP contribution in [0.4, 0.5) is 5.69 Å². The number of thiazole rings is 1. The van der Waals surface area contributed by atoms with Crippen molar-refractivity contribution in [2.45, 2.75) is 22.7 Å². The molecule has 2 aromatic heterocycles. The predicted octanol–water partition coefficient (Wildman–Crippen LogP) is 4.05. The van der Waals surface area contributed by atoms with E-state index in [4.69, 9.17) is 4.74 Å². The van der Waals surface area contributed by atoms with Gasteiger partial charge in [0.1, 0.15) is 0 Å². The quantitative estimate of drug-likeness (QED) is 0.314. The summed E-state index contributed by atoms with van der Waals surface area (Å²) in [7, 11) is 0. The topological polar surface area (TPSA) is 111 Å². The third-order valence-electron chi connectivity index (χ3n) is 3.56. The minimum Gasteiger partial charge on any atom is -0.452 e. The van der Waals surface area contributed by atoms with Crippen LogP contribution in [0, 0.1) is 17.0 Å². The first kappa shape index (κ1) is 21.0. The van der Waals surface area contributed by atoms with Gasteiger partial charge in [0, 0.05) is 33.0 Å². The van der Waals surface area contributed by atoms with Gasteiger partial charge in [-0.05, 0) is 24.4 Å². The minimum atomic E-state index is -0.809. The van der Waals surface area contributed by atoms with E-state index < -0.39 is 23.4 Å². The molecule has 0 aliphatic rings. The van der Waals surface area contributed by atoms with Crippen LogP contribution in [0.2, 0.25) is 0 Å². The van der Waals surface area contributed by atoms with E-state index in [1.165, 1.54) is 46.6 Å². The van der Waals surface area contributed by atoms with E-state index >= 15 is 0 Å². The number of nitrogens with one attached hydrogen (secondary N) is 1. The second-order valence-corrected chi connectivity index (χ2v) is 8.91. The molecule has 0 aliphatic heterocycles. The number of rotatable bonds is 8. The zero-order valence-electron chi connectivity index (χ0n) is 15.1. The number of hydrogen-bond donors (Lipinski definition) is 1. The van der Waals surface area contributed by atoms with Crippen LogP contribution in [-0.2, 0) is 16.1 Å². The molecule has 0 bridgehead atoms. The summed E-state index contributed by atoms with van der Waals surface area (Å²) in [6.45, 7) is 1.71. The molecule has 150 valence electrons. The van der Waals surface area contributed by atoms with Gasteiger partial charge in [0.25, 0.3) is 11.6 Å². The Hall–Kier alpha value is -2.76. The Morgan fingerprint density at radius 2 is 2.14 bits per heavy atom. The van der Waals surface area contributed by atoms with Crippen molar-refractivity contribution in [3.05, 3.63) is 67.3 Å². The van der Waals surface area contributed by atoms with Crippen LogP contribution < -0.4 is 5.32 Å². The van der Waals surface area contributed by atoms with Gasteiger partial charge < -0.3 is 10.1 Å². The number of thiophene rings is 1. The van der Waals surface area contributed by atoms with Crippen molar-refractivity contribution in [3.8, 4) is 0 Å². The van der Waals surface area contributed by atoms with E-state index in [0.717, 1.165) is 16.6 Å². The number of aryl methyl sites for hydroxylation is 1. The van der Waals surface area contributed by atoms with Crippen molar-refractivity contribution in [3.63, 3.8) is 0 Å². The number of ether oxygens (including phenoxy) is 1. The standard InChI is InChI=1S/C18H15N3O5S3/c1-11-10-28-18(20-11)29-15-5-4-12(21(24)25)7-14(15)17(23)26-9-16(22)19-8-13-3-2-6-27-13/h2-7,10H,8-9H2,1H3,(H,19,22). The average Bonchev–Trinajstić information content (AvgIpc) is 3.36. The zero-order chi connectivity index (χ0) is 20.8. The Kier molecular flexibility index (Phi) is 6.96. The van der Waals surface area contributed by atoms with E-state index in [-0.39, 0.29) is 11.3 Å². The molecule has 3 rings (SSSR count). The largest absolute Gasteiger partial charge is 0.452 e. The molecular formula is C18H15N3O5S3. The van der Waals surface area contributed by atoms with E-state index in [9.17, 15) is 19.7 Å².